The zero-order valence-electron chi connectivity index (χ0n) is 15.4. The number of halogens is 2. The fraction of sp³-hybridized carbons (Fsp3) is 0.143. The summed E-state index contributed by atoms with van der Waals surface area (Å²) in [5.74, 6) is 0.749. The second-order valence-electron chi connectivity index (χ2n) is 6.63. The van der Waals surface area contributed by atoms with E-state index in [1.165, 1.54) is 23.9 Å². The standard InChI is InChI=1S/C21H17ClFNO3S2/c1-13-10-18-20(28-19-11-16(23)6-7-17(19)27-18)12-21(13)29(25,26)24-9-8-14-2-4-15(22)5-3-14/h2-7,10-12,24H,8-9H2,1H3. The molecule has 0 spiro atoms. The summed E-state index contributed by atoms with van der Waals surface area (Å²) in [4.78, 5) is 1.43. The van der Waals surface area contributed by atoms with Gasteiger partial charge in [-0.25, -0.2) is 17.5 Å². The minimum Gasteiger partial charge on any atom is -0.455 e. The van der Waals surface area contributed by atoms with Crippen molar-refractivity contribution in [2.75, 3.05) is 6.54 Å². The predicted molar refractivity (Wildman–Crippen MR) is 112 cm³/mol. The summed E-state index contributed by atoms with van der Waals surface area (Å²) >= 11 is 7.16. The summed E-state index contributed by atoms with van der Waals surface area (Å²) < 4.78 is 47.7. The molecule has 8 heteroatoms. The summed E-state index contributed by atoms with van der Waals surface area (Å²) in [5.41, 5.74) is 1.57. The Hall–Kier alpha value is -2.06. The minimum atomic E-state index is -3.71. The molecule has 0 saturated carbocycles. The molecule has 0 amide bonds. The van der Waals surface area contributed by atoms with Crippen LogP contribution in [0.15, 0.2) is 69.3 Å². The lowest BCUT2D eigenvalue weighted by atomic mass is 10.2. The highest BCUT2D eigenvalue weighted by atomic mass is 35.5. The second kappa shape index (κ2) is 7.99. The van der Waals surface area contributed by atoms with E-state index in [1.54, 1.807) is 37.3 Å². The van der Waals surface area contributed by atoms with Gasteiger partial charge in [0.25, 0.3) is 0 Å². The number of benzene rings is 3. The normalized spacial score (nSPS) is 12.8. The summed E-state index contributed by atoms with van der Waals surface area (Å²) in [6, 6.07) is 14.8. The van der Waals surface area contributed by atoms with Crippen LogP contribution in [-0.4, -0.2) is 15.0 Å². The SMILES string of the molecule is Cc1cc2c(cc1S(=O)(=O)NCCc1ccc(Cl)cc1)Sc1cc(F)ccc1O2. The molecule has 29 heavy (non-hydrogen) atoms. The molecule has 150 valence electrons. The van der Waals surface area contributed by atoms with E-state index in [0.29, 0.717) is 38.3 Å². The molecule has 4 nitrogen and oxygen atoms in total. The van der Waals surface area contributed by atoms with Crippen LogP contribution in [0.3, 0.4) is 0 Å². The number of hydrogen-bond acceptors (Lipinski definition) is 4. The van der Waals surface area contributed by atoms with Crippen molar-refractivity contribution < 1.29 is 17.5 Å². The highest BCUT2D eigenvalue weighted by Crippen LogP contribution is 2.48. The van der Waals surface area contributed by atoms with Gasteiger partial charge in [-0.05, 0) is 66.9 Å². The largest absolute Gasteiger partial charge is 0.455 e. The molecule has 0 unspecified atom stereocenters. The van der Waals surface area contributed by atoms with Crippen molar-refractivity contribution in [1.29, 1.82) is 0 Å². The van der Waals surface area contributed by atoms with Crippen LogP contribution in [0.2, 0.25) is 5.02 Å². The molecule has 0 atom stereocenters. The van der Waals surface area contributed by atoms with Crippen LogP contribution in [-0.2, 0) is 16.4 Å². The van der Waals surface area contributed by atoms with Gasteiger partial charge in [0, 0.05) is 11.6 Å². The first-order chi connectivity index (χ1) is 13.8. The highest BCUT2D eigenvalue weighted by Gasteiger charge is 2.24. The molecule has 4 rings (SSSR count). The zero-order valence-corrected chi connectivity index (χ0v) is 17.8. The molecule has 1 aliphatic heterocycles. The number of sulfonamides is 1. The third kappa shape index (κ3) is 4.43. The van der Waals surface area contributed by atoms with Gasteiger partial charge in [-0.1, -0.05) is 35.5 Å². The molecule has 0 aliphatic carbocycles. The number of hydrogen-bond donors (Lipinski definition) is 1. The van der Waals surface area contributed by atoms with Crippen LogP contribution < -0.4 is 9.46 Å². The lowest BCUT2D eigenvalue weighted by molar-refractivity contribution is 0.450. The molecule has 3 aromatic carbocycles. The lowest BCUT2D eigenvalue weighted by Gasteiger charge is -2.21. The van der Waals surface area contributed by atoms with E-state index in [1.807, 2.05) is 12.1 Å². The molecule has 0 aromatic heterocycles. The van der Waals surface area contributed by atoms with Crippen LogP contribution in [0.1, 0.15) is 11.1 Å². The molecule has 0 fully saturated rings. The van der Waals surface area contributed by atoms with Crippen molar-refractivity contribution in [3.8, 4) is 11.5 Å². The van der Waals surface area contributed by atoms with Gasteiger partial charge in [-0.2, -0.15) is 0 Å². The van der Waals surface area contributed by atoms with Gasteiger partial charge < -0.3 is 4.74 Å². The Morgan fingerprint density at radius 1 is 1.03 bits per heavy atom. The minimum absolute atomic E-state index is 0.184. The van der Waals surface area contributed by atoms with E-state index >= 15 is 0 Å². The molecule has 1 heterocycles. The van der Waals surface area contributed by atoms with Crippen molar-refractivity contribution in [3.05, 3.63) is 76.6 Å². The zero-order chi connectivity index (χ0) is 20.6. The topological polar surface area (TPSA) is 55.4 Å². The van der Waals surface area contributed by atoms with Crippen molar-refractivity contribution in [2.45, 2.75) is 28.0 Å². The van der Waals surface area contributed by atoms with Crippen molar-refractivity contribution in [2.24, 2.45) is 0 Å². The Bertz CT molecular complexity index is 1180. The monoisotopic (exact) mass is 449 g/mol. The van der Waals surface area contributed by atoms with E-state index in [2.05, 4.69) is 4.72 Å². The smallest absolute Gasteiger partial charge is 0.240 e. The van der Waals surface area contributed by atoms with Gasteiger partial charge >= 0.3 is 0 Å². The maximum Gasteiger partial charge on any atom is 0.240 e. The van der Waals surface area contributed by atoms with Crippen LogP contribution in [0.5, 0.6) is 11.5 Å². The molecular weight excluding hydrogens is 433 g/mol. The third-order valence-electron chi connectivity index (χ3n) is 4.50. The van der Waals surface area contributed by atoms with Gasteiger partial charge in [-0.15, -0.1) is 0 Å². The Morgan fingerprint density at radius 2 is 1.76 bits per heavy atom. The van der Waals surface area contributed by atoms with Gasteiger partial charge in [-0.3, -0.25) is 0 Å². The van der Waals surface area contributed by atoms with Crippen molar-refractivity contribution in [1.82, 2.24) is 4.72 Å². The average molecular weight is 450 g/mol. The van der Waals surface area contributed by atoms with Crippen LogP contribution in [0, 0.1) is 12.7 Å². The number of ether oxygens (including phenoxy) is 1. The molecular formula is C21H17ClFNO3S2. The second-order valence-corrected chi connectivity index (χ2v) is 9.89. The first kappa shape index (κ1) is 20.2. The summed E-state index contributed by atoms with van der Waals surface area (Å²) in [6.45, 7) is 1.99. The summed E-state index contributed by atoms with van der Waals surface area (Å²) in [5, 5.41) is 0.639. The third-order valence-corrected chi connectivity index (χ3v) is 7.43. The maximum absolute atomic E-state index is 13.5. The van der Waals surface area contributed by atoms with Gasteiger partial charge in [0.1, 0.15) is 17.3 Å². The molecule has 0 saturated heterocycles. The number of aryl methyl sites for hydroxylation is 1. The number of rotatable bonds is 5. The van der Waals surface area contributed by atoms with Crippen LogP contribution in [0.25, 0.3) is 0 Å². The van der Waals surface area contributed by atoms with E-state index in [9.17, 15) is 12.8 Å². The molecule has 1 N–H and O–H groups in total. The predicted octanol–water partition coefficient (Wildman–Crippen LogP) is 5.57. The Balaban J connectivity index is 1.53. The Kier molecular flexibility index (Phi) is 5.57. The van der Waals surface area contributed by atoms with E-state index in [4.69, 9.17) is 16.3 Å². The molecule has 0 radical (unpaired) electrons. The van der Waals surface area contributed by atoms with Crippen LogP contribution in [0.4, 0.5) is 4.39 Å². The Morgan fingerprint density at radius 3 is 2.52 bits per heavy atom. The van der Waals surface area contributed by atoms with Crippen molar-refractivity contribution in [3.63, 3.8) is 0 Å². The van der Waals surface area contributed by atoms with Gasteiger partial charge in [0.15, 0.2) is 0 Å². The van der Waals surface area contributed by atoms with E-state index in [0.717, 1.165) is 5.56 Å². The molecule has 1 aliphatic rings. The van der Waals surface area contributed by atoms with Gasteiger partial charge in [0.05, 0.1) is 14.7 Å². The first-order valence-electron chi connectivity index (χ1n) is 8.86. The maximum atomic E-state index is 13.5. The molecule has 0 bridgehead atoms. The highest BCUT2D eigenvalue weighted by molar-refractivity contribution is 7.99. The van der Waals surface area contributed by atoms with E-state index < -0.39 is 10.0 Å². The van der Waals surface area contributed by atoms with E-state index in [-0.39, 0.29) is 17.3 Å². The number of nitrogens with one attached hydrogen (secondary N) is 1. The Labute approximate surface area is 178 Å². The average Bonchev–Trinajstić information content (AvgIpc) is 2.67. The number of fused-ring (bicyclic) bond motifs is 2. The first-order valence-corrected chi connectivity index (χ1v) is 11.5. The fourth-order valence-corrected chi connectivity index (χ4v) is 5.51. The van der Waals surface area contributed by atoms with Gasteiger partial charge in [0.2, 0.25) is 10.0 Å². The lowest BCUT2D eigenvalue weighted by Crippen LogP contribution is -2.26. The summed E-state index contributed by atoms with van der Waals surface area (Å²) in [7, 11) is -3.71. The van der Waals surface area contributed by atoms with Crippen molar-refractivity contribution >= 4 is 33.4 Å². The summed E-state index contributed by atoms with van der Waals surface area (Å²) in [6.07, 6.45) is 0.547. The quantitative estimate of drug-likeness (QED) is 0.433. The van der Waals surface area contributed by atoms with Crippen LogP contribution >= 0.6 is 23.4 Å². The molecule has 3 aromatic rings. The fourth-order valence-electron chi connectivity index (χ4n) is 3.03.